The number of amides is 1. The zero-order valence-electron chi connectivity index (χ0n) is 28.4. The second-order valence-corrected chi connectivity index (χ2v) is 13.9. The van der Waals surface area contributed by atoms with E-state index in [0.29, 0.717) is 36.2 Å². The second kappa shape index (κ2) is 13.4. The maximum atomic E-state index is 15.4. The number of hydrogen-bond acceptors (Lipinski definition) is 7. The summed E-state index contributed by atoms with van der Waals surface area (Å²) >= 11 is 0. The minimum atomic E-state index is -0.584. The summed E-state index contributed by atoms with van der Waals surface area (Å²) in [6, 6.07) is 13.5. The summed E-state index contributed by atoms with van der Waals surface area (Å²) in [6.07, 6.45) is 2.72. The molecule has 1 amide bonds. The van der Waals surface area contributed by atoms with Gasteiger partial charge in [0, 0.05) is 6.61 Å². The van der Waals surface area contributed by atoms with Crippen LogP contribution in [0.3, 0.4) is 0 Å². The number of aromatic nitrogens is 2. The van der Waals surface area contributed by atoms with Crippen molar-refractivity contribution in [2.24, 2.45) is 0 Å². The molecule has 0 bridgehead atoms. The molecule has 0 saturated carbocycles. The van der Waals surface area contributed by atoms with Gasteiger partial charge in [0.2, 0.25) is 5.95 Å². The van der Waals surface area contributed by atoms with Crippen molar-refractivity contribution in [3.63, 3.8) is 0 Å². The lowest BCUT2D eigenvalue weighted by molar-refractivity contribution is -0.0375. The van der Waals surface area contributed by atoms with Crippen LogP contribution in [0.15, 0.2) is 47.9 Å². The Bertz CT molecular complexity index is 1560. The normalized spacial score (nSPS) is 20.0. The van der Waals surface area contributed by atoms with Crippen molar-refractivity contribution in [2.45, 2.75) is 104 Å². The fourth-order valence-electron chi connectivity index (χ4n) is 5.73. The molecule has 1 atom stereocenters. The number of benzene rings is 2. The fraction of sp³-hybridized carbons (Fsp3) is 0.543. The van der Waals surface area contributed by atoms with E-state index in [9.17, 15) is 4.79 Å². The van der Waals surface area contributed by atoms with E-state index < -0.39 is 36.0 Å². The average molecular weight is 636 g/mol. The van der Waals surface area contributed by atoms with Crippen LogP contribution in [0.4, 0.5) is 9.18 Å². The molecule has 248 valence electrons. The van der Waals surface area contributed by atoms with Crippen LogP contribution in [0.5, 0.6) is 5.75 Å². The molecule has 2 aliphatic rings. The summed E-state index contributed by atoms with van der Waals surface area (Å²) in [7, 11) is -0.584. The highest BCUT2D eigenvalue weighted by Crippen LogP contribution is 2.42. The van der Waals surface area contributed by atoms with Gasteiger partial charge in [0.15, 0.2) is 6.23 Å². The highest BCUT2D eigenvalue weighted by molar-refractivity contribution is 6.56. The lowest BCUT2D eigenvalue weighted by atomic mass is 9.70. The summed E-state index contributed by atoms with van der Waals surface area (Å²) in [5.74, 6) is 0.126. The summed E-state index contributed by atoms with van der Waals surface area (Å²) < 4.78 is 47.2. The largest absolute Gasteiger partial charge is 0.492 e. The van der Waals surface area contributed by atoms with Crippen LogP contribution >= 0.6 is 0 Å². The maximum Gasteiger partial charge on any atom is 0.491 e. The van der Waals surface area contributed by atoms with Gasteiger partial charge in [0.1, 0.15) is 18.0 Å². The third-order valence-electron chi connectivity index (χ3n) is 8.80. The first-order valence-electron chi connectivity index (χ1n) is 16.3. The van der Waals surface area contributed by atoms with Crippen LogP contribution in [0.1, 0.15) is 98.4 Å². The first-order chi connectivity index (χ1) is 21.7. The SMILES string of the molecule is CC/C(B1OC(C)(C)C(C)(C)O1)=C(/c1ccc(OCCNC(=O)OC(C)(C)C)cc1)c1ccc2c(c1)c(F)nn2C1CCCCO1. The molecule has 9 nitrogen and oxygen atoms in total. The van der Waals surface area contributed by atoms with E-state index in [-0.39, 0.29) is 12.8 Å². The van der Waals surface area contributed by atoms with Gasteiger partial charge in [-0.2, -0.15) is 4.39 Å². The van der Waals surface area contributed by atoms with E-state index in [2.05, 4.69) is 17.3 Å². The molecule has 2 fully saturated rings. The van der Waals surface area contributed by atoms with Crippen molar-refractivity contribution in [3.05, 3.63) is 65.0 Å². The monoisotopic (exact) mass is 635 g/mol. The van der Waals surface area contributed by atoms with Crippen molar-refractivity contribution in [1.82, 2.24) is 15.1 Å². The molecule has 11 heteroatoms. The number of rotatable bonds is 9. The Balaban J connectivity index is 1.46. The molecule has 0 aliphatic carbocycles. The van der Waals surface area contributed by atoms with E-state index in [1.165, 1.54) is 0 Å². The van der Waals surface area contributed by atoms with Crippen molar-refractivity contribution in [1.29, 1.82) is 0 Å². The Morgan fingerprint density at radius 1 is 1.07 bits per heavy atom. The number of nitrogens with one attached hydrogen (secondary N) is 1. The summed E-state index contributed by atoms with van der Waals surface area (Å²) in [5.41, 5.74) is 2.69. The van der Waals surface area contributed by atoms with Gasteiger partial charge in [-0.25, -0.2) is 9.48 Å². The van der Waals surface area contributed by atoms with Crippen LogP contribution in [-0.4, -0.2) is 59.6 Å². The predicted octanol–water partition coefficient (Wildman–Crippen LogP) is 7.62. The molecule has 2 saturated heterocycles. The highest BCUT2D eigenvalue weighted by atomic mass is 19.1. The summed E-state index contributed by atoms with van der Waals surface area (Å²) in [5, 5.41) is 7.39. The van der Waals surface area contributed by atoms with Crippen LogP contribution in [0, 0.1) is 5.95 Å². The third-order valence-corrected chi connectivity index (χ3v) is 8.80. The number of ether oxygens (including phenoxy) is 3. The lowest BCUT2D eigenvalue weighted by Gasteiger charge is -2.32. The van der Waals surface area contributed by atoms with Crippen molar-refractivity contribution < 1.29 is 32.7 Å². The lowest BCUT2D eigenvalue weighted by Crippen LogP contribution is -2.41. The second-order valence-electron chi connectivity index (χ2n) is 13.9. The number of hydrogen-bond donors (Lipinski definition) is 1. The molecule has 2 aromatic carbocycles. The van der Waals surface area contributed by atoms with Gasteiger partial charge in [-0.15, -0.1) is 5.10 Å². The van der Waals surface area contributed by atoms with E-state index >= 15 is 4.39 Å². The smallest absolute Gasteiger partial charge is 0.491 e. The molecule has 1 N–H and O–H groups in total. The number of halogens is 1. The van der Waals surface area contributed by atoms with Gasteiger partial charge in [-0.05, 0) is 121 Å². The molecule has 1 aromatic heterocycles. The van der Waals surface area contributed by atoms with E-state index in [4.69, 9.17) is 23.5 Å². The van der Waals surface area contributed by atoms with E-state index in [0.717, 1.165) is 41.4 Å². The van der Waals surface area contributed by atoms with Gasteiger partial charge in [-0.3, -0.25) is 0 Å². The number of carbonyl (C=O) groups is 1. The third kappa shape index (κ3) is 7.42. The van der Waals surface area contributed by atoms with Crippen LogP contribution in [0.2, 0.25) is 0 Å². The van der Waals surface area contributed by atoms with Gasteiger partial charge >= 0.3 is 13.2 Å². The number of fused-ring (bicyclic) bond motifs is 1. The van der Waals surface area contributed by atoms with Crippen molar-refractivity contribution in [2.75, 3.05) is 19.8 Å². The van der Waals surface area contributed by atoms with Crippen LogP contribution in [0.25, 0.3) is 16.5 Å². The fourth-order valence-corrected chi connectivity index (χ4v) is 5.73. The van der Waals surface area contributed by atoms with E-state index in [1.54, 1.807) is 4.68 Å². The number of alkyl carbamates (subject to hydrolysis) is 1. The van der Waals surface area contributed by atoms with Gasteiger partial charge < -0.3 is 28.8 Å². The average Bonchev–Trinajstić information content (AvgIpc) is 3.44. The maximum absolute atomic E-state index is 15.4. The number of carbonyl (C=O) groups excluding carboxylic acids is 1. The molecule has 2 aliphatic heterocycles. The molecule has 0 spiro atoms. The standard InChI is InChI=1S/C35H47BFN3O6/c1-9-27(36-45-34(5,6)35(7,8)46-36)30(23-13-16-25(17-14-23)42-21-19-38-32(41)44-33(2,3)4)24-15-18-28-26(22-24)31(37)39-40(28)29-12-10-11-20-43-29/h13-18,22,29H,9-12,19-21H2,1-8H3,(H,38,41)/b30-27+. The zero-order valence-corrected chi connectivity index (χ0v) is 28.4. The first kappa shape index (κ1) is 33.9. The van der Waals surface area contributed by atoms with E-state index in [1.807, 2.05) is 90.9 Å². The Hall–Kier alpha value is -3.41. The summed E-state index contributed by atoms with van der Waals surface area (Å²) in [4.78, 5) is 11.9. The van der Waals surface area contributed by atoms with Crippen molar-refractivity contribution >= 4 is 29.7 Å². The Morgan fingerprint density at radius 3 is 2.35 bits per heavy atom. The first-order valence-corrected chi connectivity index (χ1v) is 16.3. The van der Waals surface area contributed by atoms with Crippen LogP contribution in [-0.2, 0) is 18.8 Å². The minimum absolute atomic E-state index is 0.274. The van der Waals surface area contributed by atoms with Crippen LogP contribution < -0.4 is 10.1 Å². The molecular formula is C35H47BFN3O6. The molecule has 3 aromatic rings. The molecule has 3 heterocycles. The predicted molar refractivity (Wildman–Crippen MR) is 177 cm³/mol. The quantitative estimate of drug-likeness (QED) is 0.191. The topological polar surface area (TPSA) is 93.1 Å². The van der Waals surface area contributed by atoms with Crippen molar-refractivity contribution in [3.8, 4) is 5.75 Å². The zero-order chi connectivity index (χ0) is 33.3. The molecule has 0 radical (unpaired) electrons. The molecule has 5 rings (SSSR count). The van der Waals surface area contributed by atoms with Gasteiger partial charge in [-0.1, -0.05) is 25.1 Å². The summed E-state index contributed by atoms with van der Waals surface area (Å²) in [6.45, 7) is 16.9. The Morgan fingerprint density at radius 2 is 1.74 bits per heavy atom. The molecule has 46 heavy (non-hydrogen) atoms. The number of nitrogens with zero attached hydrogens (tertiary/aromatic N) is 2. The molecular weight excluding hydrogens is 588 g/mol. The minimum Gasteiger partial charge on any atom is -0.492 e. The molecule has 1 unspecified atom stereocenters. The number of allylic oxidation sites excluding steroid dienone is 1. The highest BCUT2D eigenvalue weighted by Gasteiger charge is 2.52. The van der Waals surface area contributed by atoms with Gasteiger partial charge in [0.25, 0.3) is 0 Å². The Labute approximate surface area is 271 Å². The Kier molecular flexibility index (Phi) is 9.87. The van der Waals surface area contributed by atoms with Gasteiger partial charge in [0.05, 0.1) is 28.6 Å².